The van der Waals surface area contributed by atoms with E-state index in [2.05, 4.69) is 10.3 Å². The van der Waals surface area contributed by atoms with Gasteiger partial charge >= 0.3 is 0 Å². The molecule has 0 aliphatic carbocycles. The van der Waals surface area contributed by atoms with Crippen molar-refractivity contribution in [1.29, 1.82) is 0 Å². The van der Waals surface area contributed by atoms with Gasteiger partial charge in [0.25, 0.3) is 0 Å². The summed E-state index contributed by atoms with van der Waals surface area (Å²) in [7, 11) is 3.62. The number of hydrogen-bond acceptors (Lipinski definition) is 3. The van der Waals surface area contributed by atoms with Crippen molar-refractivity contribution in [2.45, 2.75) is 19.5 Å². The molecule has 0 aliphatic heterocycles. The quantitative estimate of drug-likeness (QED) is 0.764. The van der Waals surface area contributed by atoms with Gasteiger partial charge in [-0.3, -0.25) is 14.7 Å². The number of carbonyl (C=O) groups is 1. The molecule has 1 atom stereocenters. The number of carbonyl (C=O) groups excluding carboxylic acids is 1. The molecule has 0 bridgehead atoms. The molecule has 0 spiro atoms. The van der Waals surface area contributed by atoms with Crippen molar-refractivity contribution in [2.75, 3.05) is 14.1 Å². The van der Waals surface area contributed by atoms with Crippen LogP contribution in [0.15, 0.2) is 54.7 Å². The topological polar surface area (TPSA) is 45.2 Å². The van der Waals surface area contributed by atoms with E-state index >= 15 is 0 Å². The van der Waals surface area contributed by atoms with E-state index in [1.165, 1.54) is 12.1 Å². The van der Waals surface area contributed by atoms with E-state index in [1.807, 2.05) is 45.3 Å². The summed E-state index contributed by atoms with van der Waals surface area (Å²) in [6.45, 7) is 2.41. The second kappa shape index (κ2) is 7.62. The number of pyridine rings is 1. The van der Waals surface area contributed by atoms with Gasteiger partial charge in [0.05, 0.1) is 5.52 Å². The first-order valence-electron chi connectivity index (χ1n) is 8.50. The zero-order valence-corrected chi connectivity index (χ0v) is 15.2. The minimum Gasteiger partial charge on any atom is -0.350 e. The average molecular weight is 351 g/mol. The normalized spacial score (nSPS) is 12.3. The lowest BCUT2D eigenvalue weighted by Gasteiger charge is -2.24. The van der Waals surface area contributed by atoms with Crippen LogP contribution in [0.4, 0.5) is 4.39 Å². The Morgan fingerprint density at radius 1 is 1.19 bits per heavy atom. The minimum absolute atomic E-state index is 0.166. The van der Waals surface area contributed by atoms with Gasteiger partial charge in [0.2, 0.25) is 5.91 Å². The van der Waals surface area contributed by atoms with Gasteiger partial charge in [0.1, 0.15) is 11.9 Å². The number of aromatic nitrogens is 1. The summed E-state index contributed by atoms with van der Waals surface area (Å²) in [6, 6.07) is 13.5. The Bertz CT molecular complexity index is 939. The molecule has 1 aromatic heterocycles. The number of hydrogen-bond donors (Lipinski definition) is 1. The summed E-state index contributed by atoms with van der Waals surface area (Å²) in [6.07, 6.45) is 1.76. The van der Waals surface area contributed by atoms with Crippen molar-refractivity contribution in [3.8, 4) is 0 Å². The van der Waals surface area contributed by atoms with E-state index in [-0.39, 0.29) is 11.7 Å². The smallest absolute Gasteiger partial charge is 0.242 e. The second-order valence-corrected chi connectivity index (χ2v) is 6.57. The van der Waals surface area contributed by atoms with Crippen molar-refractivity contribution in [1.82, 2.24) is 15.2 Å². The van der Waals surface area contributed by atoms with Crippen molar-refractivity contribution < 1.29 is 9.18 Å². The predicted octanol–water partition coefficient (Wildman–Crippen LogP) is 3.60. The van der Waals surface area contributed by atoms with Crippen LogP contribution in [0.5, 0.6) is 0 Å². The molecule has 4 nitrogen and oxygen atoms in total. The molecule has 0 fully saturated rings. The molecule has 0 unspecified atom stereocenters. The van der Waals surface area contributed by atoms with E-state index in [0.717, 1.165) is 22.0 Å². The first-order chi connectivity index (χ1) is 12.5. The van der Waals surface area contributed by atoms with Gasteiger partial charge in [-0.2, -0.15) is 0 Å². The van der Waals surface area contributed by atoms with Gasteiger partial charge in [0.15, 0.2) is 0 Å². The van der Waals surface area contributed by atoms with Crippen LogP contribution >= 0.6 is 0 Å². The zero-order chi connectivity index (χ0) is 18.7. The Labute approximate surface area is 152 Å². The maximum Gasteiger partial charge on any atom is 0.242 e. The van der Waals surface area contributed by atoms with Crippen LogP contribution in [-0.4, -0.2) is 29.9 Å². The van der Waals surface area contributed by atoms with Crippen LogP contribution in [0.3, 0.4) is 0 Å². The molecule has 5 heteroatoms. The monoisotopic (exact) mass is 351 g/mol. The Kier molecular flexibility index (Phi) is 5.28. The molecule has 1 amide bonds. The van der Waals surface area contributed by atoms with Crippen LogP contribution in [0, 0.1) is 12.7 Å². The number of rotatable bonds is 5. The molecule has 26 heavy (non-hydrogen) atoms. The summed E-state index contributed by atoms with van der Waals surface area (Å²) >= 11 is 0. The number of fused-ring (bicyclic) bond motifs is 1. The Hall–Kier alpha value is -2.79. The molecule has 0 aliphatic rings. The van der Waals surface area contributed by atoms with E-state index in [9.17, 15) is 9.18 Å². The van der Waals surface area contributed by atoms with Gasteiger partial charge in [0, 0.05) is 18.1 Å². The van der Waals surface area contributed by atoms with Crippen molar-refractivity contribution in [3.63, 3.8) is 0 Å². The van der Waals surface area contributed by atoms with Gasteiger partial charge in [-0.05, 0) is 62.0 Å². The highest BCUT2D eigenvalue weighted by Gasteiger charge is 2.23. The number of amides is 1. The van der Waals surface area contributed by atoms with Crippen LogP contribution in [0.2, 0.25) is 0 Å². The van der Waals surface area contributed by atoms with E-state index in [1.54, 1.807) is 23.2 Å². The lowest BCUT2D eigenvalue weighted by Crippen LogP contribution is -2.36. The fourth-order valence-electron chi connectivity index (χ4n) is 3.19. The number of nitrogens with zero attached hydrogens (tertiary/aromatic N) is 2. The largest absolute Gasteiger partial charge is 0.350 e. The number of benzene rings is 2. The summed E-state index contributed by atoms with van der Waals surface area (Å²) < 4.78 is 13.6. The van der Waals surface area contributed by atoms with Gasteiger partial charge in [-0.25, -0.2) is 4.39 Å². The lowest BCUT2D eigenvalue weighted by molar-refractivity contribution is -0.125. The molecular formula is C21H22FN3O. The van der Waals surface area contributed by atoms with Crippen molar-refractivity contribution in [3.05, 3.63) is 77.2 Å². The van der Waals surface area contributed by atoms with Crippen molar-refractivity contribution in [2.24, 2.45) is 0 Å². The third kappa shape index (κ3) is 3.73. The summed E-state index contributed by atoms with van der Waals surface area (Å²) in [5.41, 5.74) is 3.67. The predicted molar refractivity (Wildman–Crippen MR) is 101 cm³/mol. The zero-order valence-electron chi connectivity index (χ0n) is 15.2. The molecule has 3 rings (SSSR count). The van der Waals surface area contributed by atoms with E-state index in [0.29, 0.717) is 12.1 Å². The van der Waals surface area contributed by atoms with Crippen LogP contribution in [0.1, 0.15) is 22.7 Å². The third-order valence-electron chi connectivity index (χ3n) is 4.50. The summed E-state index contributed by atoms with van der Waals surface area (Å²) in [5, 5.41) is 4.03. The Morgan fingerprint density at radius 3 is 2.73 bits per heavy atom. The standard InChI is InChI=1S/C21H22FN3O/c1-14-9-10-19-17(8-5-11-23-19)18(14)13-24-21(26)20(25(2)3)15-6-4-7-16(22)12-15/h4-12,20H,13H2,1-3H3,(H,24,26)/t20-/m0/s1. The maximum absolute atomic E-state index is 13.6. The number of likely N-dealkylation sites (N-methyl/N-ethyl adjacent to an activating group) is 1. The Morgan fingerprint density at radius 2 is 2.00 bits per heavy atom. The van der Waals surface area contributed by atoms with E-state index < -0.39 is 6.04 Å². The highest BCUT2D eigenvalue weighted by Crippen LogP contribution is 2.22. The number of halogens is 1. The molecule has 0 saturated heterocycles. The lowest BCUT2D eigenvalue weighted by atomic mass is 10.0. The maximum atomic E-state index is 13.6. The SMILES string of the molecule is Cc1ccc2ncccc2c1CNC(=O)[C@H](c1cccc(F)c1)N(C)C. The first kappa shape index (κ1) is 18.0. The van der Waals surface area contributed by atoms with Crippen LogP contribution in [-0.2, 0) is 11.3 Å². The molecule has 0 radical (unpaired) electrons. The molecule has 1 N–H and O–H groups in total. The second-order valence-electron chi connectivity index (χ2n) is 6.57. The molecule has 0 saturated carbocycles. The van der Waals surface area contributed by atoms with Crippen LogP contribution in [0.25, 0.3) is 10.9 Å². The van der Waals surface area contributed by atoms with E-state index in [4.69, 9.17) is 0 Å². The number of nitrogens with one attached hydrogen (secondary N) is 1. The first-order valence-corrected chi connectivity index (χ1v) is 8.50. The molecular weight excluding hydrogens is 329 g/mol. The summed E-state index contributed by atoms with van der Waals surface area (Å²) in [5.74, 6) is -0.515. The average Bonchev–Trinajstić information content (AvgIpc) is 2.61. The molecule has 134 valence electrons. The number of aryl methyl sites for hydroxylation is 1. The fourth-order valence-corrected chi connectivity index (χ4v) is 3.19. The minimum atomic E-state index is -0.556. The highest BCUT2D eigenvalue weighted by atomic mass is 19.1. The van der Waals surface area contributed by atoms with Gasteiger partial charge < -0.3 is 5.32 Å². The molecule has 3 aromatic rings. The summed E-state index contributed by atoms with van der Waals surface area (Å²) in [4.78, 5) is 19.0. The highest BCUT2D eigenvalue weighted by molar-refractivity contribution is 5.86. The van der Waals surface area contributed by atoms with Crippen LogP contribution < -0.4 is 5.32 Å². The van der Waals surface area contributed by atoms with Gasteiger partial charge in [-0.1, -0.05) is 24.3 Å². The molecule has 2 aromatic carbocycles. The fraction of sp³-hybridized carbons (Fsp3) is 0.238. The van der Waals surface area contributed by atoms with Gasteiger partial charge in [-0.15, -0.1) is 0 Å². The third-order valence-corrected chi connectivity index (χ3v) is 4.50. The van der Waals surface area contributed by atoms with Crippen molar-refractivity contribution >= 4 is 16.8 Å². The Balaban J connectivity index is 1.85. The molecule has 1 heterocycles.